The van der Waals surface area contributed by atoms with Crippen molar-refractivity contribution in [2.24, 2.45) is 0 Å². The van der Waals surface area contributed by atoms with Crippen LogP contribution in [-0.4, -0.2) is 19.1 Å². The fraction of sp³-hybridized carbons (Fsp3) is 0.200. The summed E-state index contributed by atoms with van der Waals surface area (Å²) in [6, 6.07) is 12.4. The van der Waals surface area contributed by atoms with Crippen LogP contribution in [0.4, 0.5) is 17.1 Å². The number of nitrogens with zero attached hydrogens (tertiary/aromatic N) is 2. The predicted octanol–water partition coefficient (Wildman–Crippen LogP) is 2.82. The zero-order valence-electron chi connectivity index (χ0n) is 11.9. The van der Waals surface area contributed by atoms with E-state index >= 15 is 0 Å². The molecule has 0 atom stereocenters. The van der Waals surface area contributed by atoms with E-state index in [1.165, 1.54) is 6.07 Å². The molecule has 0 spiro atoms. The molecule has 2 N–H and O–H groups in total. The fourth-order valence-electron chi connectivity index (χ4n) is 2.17. The fourth-order valence-corrected chi connectivity index (χ4v) is 2.17. The second kappa shape index (κ2) is 6.13. The zero-order valence-corrected chi connectivity index (χ0v) is 11.9. The van der Waals surface area contributed by atoms with Gasteiger partial charge in [-0.05, 0) is 23.8 Å². The predicted molar refractivity (Wildman–Crippen MR) is 82.6 cm³/mol. The van der Waals surface area contributed by atoms with E-state index in [0.29, 0.717) is 6.54 Å². The molecule has 0 radical (unpaired) electrons. The van der Waals surface area contributed by atoms with E-state index in [2.05, 4.69) is 0 Å². The molecule has 2 aromatic rings. The Morgan fingerprint density at radius 2 is 2.00 bits per heavy atom. The third kappa shape index (κ3) is 3.22. The molecule has 0 saturated carbocycles. The number of nitrogens with two attached hydrogens (primary N) is 1. The molecule has 6 heteroatoms. The summed E-state index contributed by atoms with van der Waals surface area (Å²) in [5, 5.41) is 10.8. The van der Waals surface area contributed by atoms with Crippen LogP contribution in [0.1, 0.15) is 5.56 Å². The Bertz CT molecular complexity index is 658. The zero-order chi connectivity index (χ0) is 15.4. The van der Waals surface area contributed by atoms with Gasteiger partial charge in [-0.1, -0.05) is 18.2 Å². The largest absolute Gasteiger partial charge is 0.495 e. The van der Waals surface area contributed by atoms with Crippen molar-refractivity contribution in [3.8, 4) is 5.75 Å². The Morgan fingerprint density at radius 3 is 2.62 bits per heavy atom. The van der Waals surface area contributed by atoms with E-state index in [1.807, 2.05) is 36.2 Å². The van der Waals surface area contributed by atoms with Gasteiger partial charge in [-0.2, -0.15) is 0 Å². The van der Waals surface area contributed by atoms with Gasteiger partial charge >= 0.3 is 0 Å². The van der Waals surface area contributed by atoms with Crippen molar-refractivity contribution in [1.82, 2.24) is 0 Å². The monoisotopic (exact) mass is 287 g/mol. The molecule has 2 aromatic carbocycles. The number of hydrogen-bond acceptors (Lipinski definition) is 5. The minimum absolute atomic E-state index is 0.0707. The molecule has 0 heterocycles. The molecule has 21 heavy (non-hydrogen) atoms. The summed E-state index contributed by atoms with van der Waals surface area (Å²) in [7, 11) is 3.55. The van der Waals surface area contributed by atoms with Gasteiger partial charge in [0.2, 0.25) is 0 Å². The molecule has 2 rings (SSSR count). The molecule has 110 valence electrons. The Balaban J connectivity index is 2.21. The standard InChI is InChI=1S/C15H17N3O3/c1-17(14-5-3-4-6-15(14)21-2)10-11-7-8-13(18(19)20)12(16)9-11/h3-9H,10,16H2,1-2H3. The topological polar surface area (TPSA) is 81.6 Å². The number of ether oxygens (including phenoxy) is 1. The summed E-state index contributed by atoms with van der Waals surface area (Å²) in [5.41, 5.74) is 7.65. The number of rotatable bonds is 5. The highest BCUT2D eigenvalue weighted by molar-refractivity contribution is 5.61. The van der Waals surface area contributed by atoms with Crippen LogP contribution in [0.3, 0.4) is 0 Å². The van der Waals surface area contributed by atoms with Crippen molar-refractivity contribution in [3.05, 3.63) is 58.1 Å². The molecule has 0 fully saturated rings. The van der Waals surface area contributed by atoms with E-state index in [0.717, 1.165) is 17.0 Å². The first-order valence-electron chi connectivity index (χ1n) is 6.40. The lowest BCUT2D eigenvalue weighted by Crippen LogP contribution is -2.17. The molecule has 0 aliphatic rings. The molecular weight excluding hydrogens is 270 g/mol. The third-order valence-corrected chi connectivity index (χ3v) is 3.20. The summed E-state index contributed by atoms with van der Waals surface area (Å²) >= 11 is 0. The number of benzene rings is 2. The minimum Gasteiger partial charge on any atom is -0.495 e. The molecule has 0 aromatic heterocycles. The second-order valence-electron chi connectivity index (χ2n) is 4.68. The third-order valence-electron chi connectivity index (χ3n) is 3.20. The number of nitro benzene ring substituents is 1. The van der Waals surface area contributed by atoms with Crippen LogP contribution < -0.4 is 15.4 Å². The van der Waals surface area contributed by atoms with Crippen LogP contribution in [0.15, 0.2) is 42.5 Å². The smallest absolute Gasteiger partial charge is 0.292 e. The van der Waals surface area contributed by atoms with E-state index in [4.69, 9.17) is 10.5 Å². The quantitative estimate of drug-likeness (QED) is 0.519. The first-order chi connectivity index (χ1) is 10.0. The number of hydrogen-bond donors (Lipinski definition) is 1. The summed E-state index contributed by atoms with van der Waals surface area (Å²) in [6.45, 7) is 0.572. The molecule has 0 bridgehead atoms. The highest BCUT2D eigenvalue weighted by atomic mass is 16.6. The maximum Gasteiger partial charge on any atom is 0.292 e. The van der Waals surface area contributed by atoms with Crippen LogP contribution >= 0.6 is 0 Å². The summed E-state index contributed by atoms with van der Waals surface area (Å²) in [5.74, 6) is 0.773. The van der Waals surface area contributed by atoms with Gasteiger partial charge in [0.15, 0.2) is 0 Å². The Kier molecular flexibility index (Phi) is 4.27. The van der Waals surface area contributed by atoms with Crippen LogP contribution in [0.25, 0.3) is 0 Å². The molecule has 6 nitrogen and oxygen atoms in total. The normalized spacial score (nSPS) is 10.2. The lowest BCUT2D eigenvalue weighted by molar-refractivity contribution is -0.383. The van der Waals surface area contributed by atoms with Crippen LogP contribution in [0.2, 0.25) is 0 Å². The average molecular weight is 287 g/mol. The lowest BCUT2D eigenvalue weighted by atomic mass is 10.1. The van der Waals surface area contributed by atoms with Crippen molar-refractivity contribution >= 4 is 17.1 Å². The maximum atomic E-state index is 10.8. The summed E-state index contributed by atoms with van der Waals surface area (Å²) in [6.07, 6.45) is 0. The van der Waals surface area contributed by atoms with Gasteiger partial charge in [0.05, 0.1) is 17.7 Å². The first kappa shape index (κ1) is 14.6. The highest BCUT2D eigenvalue weighted by Gasteiger charge is 2.13. The van der Waals surface area contributed by atoms with Crippen molar-refractivity contribution in [2.45, 2.75) is 6.54 Å². The number of nitrogen functional groups attached to an aromatic ring is 1. The number of anilines is 2. The first-order valence-corrected chi connectivity index (χ1v) is 6.40. The average Bonchev–Trinajstić information content (AvgIpc) is 2.46. The van der Waals surface area contributed by atoms with Crippen molar-refractivity contribution < 1.29 is 9.66 Å². The van der Waals surface area contributed by atoms with Crippen LogP contribution in [0.5, 0.6) is 5.75 Å². The summed E-state index contributed by atoms with van der Waals surface area (Å²) in [4.78, 5) is 12.3. The number of nitro groups is 1. The number of para-hydroxylation sites is 2. The molecule has 0 amide bonds. The van der Waals surface area contributed by atoms with Crippen molar-refractivity contribution in [2.75, 3.05) is 24.8 Å². The maximum absolute atomic E-state index is 10.8. The second-order valence-corrected chi connectivity index (χ2v) is 4.68. The minimum atomic E-state index is -0.483. The van der Waals surface area contributed by atoms with Gasteiger partial charge in [0.1, 0.15) is 11.4 Å². The van der Waals surface area contributed by atoms with E-state index in [1.54, 1.807) is 19.2 Å². The van der Waals surface area contributed by atoms with E-state index in [9.17, 15) is 10.1 Å². The Hall–Kier alpha value is -2.76. The highest BCUT2D eigenvalue weighted by Crippen LogP contribution is 2.29. The lowest BCUT2D eigenvalue weighted by Gasteiger charge is -2.21. The van der Waals surface area contributed by atoms with Gasteiger partial charge < -0.3 is 15.4 Å². The van der Waals surface area contributed by atoms with E-state index in [-0.39, 0.29) is 11.4 Å². The molecule has 0 saturated heterocycles. The molecular formula is C15H17N3O3. The van der Waals surface area contributed by atoms with Crippen LogP contribution in [0, 0.1) is 10.1 Å². The van der Waals surface area contributed by atoms with Crippen molar-refractivity contribution in [1.29, 1.82) is 0 Å². The van der Waals surface area contributed by atoms with Crippen LogP contribution in [-0.2, 0) is 6.54 Å². The Labute approximate surface area is 122 Å². The molecule has 0 unspecified atom stereocenters. The van der Waals surface area contributed by atoms with Gasteiger partial charge in [0, 0.05) is 19.7 Å². The van der Waals surface area contributed by atoms with Gasteiger partial charge in [0.25, 0.3) is 5.69 Å². The van der Waals surface area contributed by atoms with Gasteiger partial charge in [-0.3, -0.25) is 10.1 Å². The van der Waals surface area contributed by atoms with Gasteiger partial charge in [-0.15, -0.1) is 0 Å². The molecule has 0 aliphatic heterocycles. The molecule has 0 aliphatic carbocycles. The van der Waals surface area contributed by atoms with E-state index < -0.39 is 4.92 Å². The summed E-state index contributed by atoms with van der Waals surface area (Å²) < 4.78 is 5.32. The number of methoxy groups -OCH3 is 1. The van der Waals surface area contributed by atoms with Crippen molar-refractivity contribution in [3.63, 3.8) is 0 Å². The van der Waals surface area contributed by atoms with Gasteiger partial charge in [-0.25, -0.2) is 0 Å². The SMILES string of the molecule is COc1ccccc1N(C)Cc1ccc([N+](=O)[O-])c(N)c1. The Morgan fingerprint density at radius 1 is 1.29 bits per heavy atom.